The van der Waals surface area contributed by atoms with Gasteiger partial charge in [-0.1, -0.05) is 0 Å². The molecule has 0 aliphatic heterocycles. The molecule has 7 heteroatoms. The van der Waals surface area contributed by atoms with Gasteiger partial charge >= 0.3 is 0 Å². The Kier molecular flexibility index (Phi) is 3.08. The molecule has 19 heavy (non-hydrogen) atoms. The van der Waals surface area contributed by atoms with E-state index in [1.54, 1.807) is 6.07 Å². The first-order valence-electron chi connectivity index (χ1n) is 5.07. The van der Waals surface area contributed by atoms with Crippen molar-refractivity contribution in [3.63, 3.8) is 0 Å². The highest BCUT2D eigenvalue weighted by atomic mass is 16.8. The van der Waals surface area contributed by atoms with Crippen LogP contribution in [0.3, 0.4) is 0 Å². The Bertz CT molecular complexity index is 689. The van der Waals surface area contributed by atoms with E-state index in [0.717, 1.165) is 0 Å². The maximum Gasteiger partial charge on any atom is 0.210 e. The molecule has 1 aromatic carbocycles. The smallest absolute Gasteiger partial charge is 0.210 e. The third kappa shape index (κ3) is 2.07. The van der Waals surface area contributed by atoms with E-state index in [2.05, 4.69) is 0 Å². The van der Waals surface area contributed by atoms with E-state index < -0.39 is 0 Å². The second-order valence-electron chi connectivity index (χ2n) is 3.59. The molecule has 0 bridgehead atoms. The van der Waals surface area contributed by atoms with Crippen molar-refractivity contribution in [2.45, 2.75) is 0 Å². The molecule has 3 N–H and O–H groups in total. The average Bonchev–Trinajstić information content (AvgIpc) is 2.74. The van der Waals surface area contributed by atoms with Gasteiger partial charge in [-0.25, -0.2) is 0 Å². The summed E-state index contributed by atoms with van der Waals surface area (Å²) in [5.74, 6) is 0.0178. The minimum Gasteiger partial charge on any atom is -0.733 e. The molecule has 7 nitrogen and oxygen atoms in total. The van der Waals surface area contributed by atoms with Crippen LogP contribution in [0.5, 0.6) is 0 Å². The average molecular weight is 255 g/mol. The Balaban J connectivity index is 2.54. The lowest BCUT2D eigenvalue weighted by atomic mass is 10.1. The lowest BCUT2D eigenvalue weighted by Gasteiger charge is -2.21. The predicted molar refractivity (Wildman–Crippen MR) is 65.6 cm³/mol. The van der Waals surface area contributed by atoms with Gasteiger partial charge in [0.2, 0.25) is 5.88 Å². The van der Waals surface area contributed by atoms with Gasteiger partial charge in [0.25, 0.3) is 0 Å². The molecule has 1 heterocycles. The summed E-state index contributed by atoms with van der Waals surface area (Å²) in [6, 6.07) is 9.27. The largest absolute Gasteiger partial charge is 0.733 e. The number of furan rings is 1. The zero-order chi connectivity index (χ0) is 14.0. The summed E-state index contributed by atoms with van der Waals surface area (Å²) in [6.45, 7) is 0. The number of hydrogen-bond acceptors (Lipinski definition) is 7. The topological polar surface area (TPSA) is 133 Å². The van der Waals surface area contributed by atoms with Gasteiger partial charge in [-0.2, -0.15) is 10.5 Å². The van der Waals surface area contributed by atoms with Crippen LogP contribution in [-0.4, -0.2) is 5.21 Å². The number of nitrogens with two attached hydrogens (primary N) is 1. The number of anilines is 2. The number of nitrogens with zero attached hydrogens (tertiary/aromatic N) is 3. The molecule has 0 aliphatic rings. The van der Waals surface area contributed by atoms with E-state index in [-0.39, 0.29) is 33.7 Å². The van der Waals surface area contributed by atoms with Crippen LogP contribution in [0.15, 0.2) is 28.7 Å². The van der Waals surface area contributed by atoms with Crippen LogP contribution in [0.4, 0.5) is 11.6 Å². The van der Waals surface area contributed by atoms with Gasteiger partial charge in [0, 0.05) is 5.56 Å². The number of rotatable bonds is 2. The van der Waals surface area contributed by atoms with Crippen molar-refractivity contribution in [2.75, 3.05) is 11.0 Å². The molecule has 1 aromatic heterocycles. The fourth-order valence-electron chi connectivity index (χ4n) is 1.61. The Morgan fingerprint density at radius 2 is 1.74 bits per heavy atom. The Morgan fingerprint density at radius 3 is 2.21 bits per heavy atom. The van der Waals surface area contributed by atoms with Crippen LogP contribution in [0.25, 0.3) is 11.3 Å². The molecule has 0 amide bonds. The second kappa shape index (κ2) is 4.70. The maximum atomic E-state index is 10.7. The first-order valence-corrected chi connectivity index (χ1v) is 5.07. The van der Waals surface area contributed by atoms with Crippen LogP contribution in [-0.2, 0) is 0 Å². The number of benzene rings is 1. The molecule has 0 spiro atoms. The number of nitriles is 2. The second-order valence-corrected chi connectivity index (χ2v) is 3.59. The predicted octanol–water partition coefficient (Wildman–Crippen LogP) is 1.97. The van der Waals surface area contributed by atoms with E-state index in [9.17, 15) is 5.21 Å². The highest BCUT2D eigenvalue weighted by Crippen LogP contribution is 2.33. The third-order valence-electron chi connectivity index (χ3n) is 2.51. The van der Waals surface area contributed by atoms with Gasteiger partial charge in [-0.3, -0.25) is 5.21 Å². The van der Waals surface area contributed by atoms with E-state index >= 15 is 0 Å². The van der Waals surface area contributed by atoms with Crippen molar-refractivity contribution in [3.8, 4) is 23.5 Å². The molecule has 0 saturated heterocycles. The van der Waals surface area contributed by atoms with Gasteiger partial charge in [0.1, 0.15) is 23.3 Å². The zero-order valence-corrected chi connectivity index (χ0v) is 9.49. The standard InChI is InChI=1S/C12H7N4O3/c13-5-9-10(6-14)12(15)19-11(9)7-1-3-8(4-2-7)16(17)18/h1-4,17H,15H2/q-1. The quantitative estimate of drug-likeness (QED) is 0.783. The summed E-state index contributed by atoms with van der Waals surface area (Å²) in [4.78, 5) is 0. The maximum absolute atomic E-state index is 10.7. The van der Waals surface area contributed by atoms with Crippen LogP contribution in [0.2, 0.25) is 0 Å². The van der Waals surface area contributed by atoms with Crippen molar-refractivity contribution in [1.29, 1.82) is 10.5 Å². The third-order valence-corrected chi connectivity index (χ3v) is 2.51. The molecule has 94 valence electrons. The summed E-state index contributed by atoms with van der Waals surface area (Å²) in [6.07, 6.45) is 0. The lowest BCUT2D eigenvalue weighted by molar-refractivity contribution is 0.296. The molecule has 2 rings (SSSR count). The summed E-state index contributed by atoms with van der Waals surface area (Å²) in [5, 5.41) is 37.0. The number of nitrogen functional groups attached to an aromatic ring is 1. The molecule has 0 unspecified atom stereocenters. The van der Waals surface area contributed by atoms with Gasteiger partial charge in [0.15, 0.2) is 5.76 Å². The van der Waals surface area contributed by atoms with Crippen molar-refractivity contribution in [1.82, 2.24) is 0 Å². The van der Waals surface area contributed by atoms with Crippen molar-refractivity contribution >= 4 is 11.6 Å². The van der Waals surface area contributed by atoms with Crippen LogP contribution in [0.1, 0.15) is 11.1 Å². The van der Waals surface area contributed by atoms with Crippen molar-refractivity contribution < 1.29 is 9.62 Å². The van der Waals surface area contributed by atoms with E-state index in [1.165, 1.54) is 24.3 Å². The van der Waals surface area contributed by atoms with Crippen molar-refractivity contribution in [2.24, 2.45) is 0 Å². The van der Waals surface area contributed by atoms with E-state index in [1.807, 2.05) is 6.07 Å². The monoisotopic (exact) mass is 255 g/mol. The Morgan fingerprint density at radius 1 is 1.16 bits per heavy atom. The summed E-state index contributed by atoms with van der Waals surface area (Å²) >= 11 is 0. The molecule has 0 radical (unpaired) electrons. The number of hydrogen-bond donors (Lipinski definition) is 2. The minimum atomic E-state index is -0.286. The Hall–Kier alpha value is -3.00. The van der Waals surface area contributed by atoms with Crippen molar-refractivity contribution in [3.05, 3.63) is 40.6 Å². The van der Waals surface area contributed by atoms with Gasteiger partial charge in [0.05, 0.1) is 5.69 Å². The fraction of sp³-hybridized carbons (Fsp3) is 0. The normalized spacial score (nSPS) is 9.68. The first kappa shape index (κ1) is 12.5. The molecule has 2 aromatic rings. The minimum absolute atomic E-state index is 0.0193. The summed E-state index contributed by atoms with van der Waals surface area (Å²) in [5.41, 5.74) is 6.02. The highest BCUT2D eigenvalue weighted by Gasteiger charge is 2.19. The first-order chi connectivity index (χ1) is 9.08. The summed E-state index contributed by atoms with van der Waals surface area (Å²) < 4.78 is 5.19. The van der Waals surface area contributed by atoms with Crippen LogP contribution >= 0.6 is 0 Å². The Labute approximate surface area is 107 Å². The zero-order valence-electron chi connectivity index (χ0n) is 9.49. The van der Waals surface area contributed by atoms with Crippen LogP contribution < -0.4 is 11.0 Å². The lowest BCUT2D eigenvalue weighted by Crippen LogP contribution is -2.06. The molecule has 0 atom stereocenters. The van der Waals surface area contributed by atoms with Gasteiger partial charge in [-0.05, 0) is 24.3 Å². The fourth-order valence-corrected chi connectivity index (χ4v) is 1.61. The SMILES string of the molecule is N#Cc1c(N)oc(-c2ccc(N([O-])O)cc2)c1C#N. The molecular weight excluding hydrogens is 248 g/mol. The molecular formula is C12H7N4O3-. The van der Waals surface area contributed by atoms with E-state index in [4.69, 9.17) is 25.9 Å². The van der Waals surface area contributed by atoms with Gasteiger partial charge < -0.3 is 20.6 Å². The molecule has 0 saturated carbocycles. The molecule has 0 fully saturated rings. The highest BCUT2D eigenvalue weighted by molar-refractivity contribution is 5.74. The van der Waals surface area contributed by atoms with E-state index in [0.29, 0.717) is 5.56 Å². The van der Waals surface area contributed by atoms with Crippen LogP contribution in [0, 0.1) is 27.9 Å². The summed E-state index contributed by atoms with van der Waals surface area (Å²) in [7, 11) is 0. The molecule has 0 aliphatic carbocycles. The van der Waals surface area contributed by atoms with Gasteiger partial charge in [-0.15, -0.1) is 0 Å².